The van der Waals surface area contributed by atoms with E-state index in [1.807, 2.05) is 36.9 Å². The molecule has 0 saturated carbocycles. The second kappa shape index (κ2) is 6.74. The molecule has 1 saturated heterocycles. The van der Waals surface area contributed by atoms with Gasteiger partial charge in [-0.1, -0.05) is 17.7 Å². The Morgan fingerprint density at radius 3 is 2.76 bits per heavy atom. The lowest BCUT2D eigenvalue weighted by atomic mass is 9.92. The van der Waals surface area contributed by atoms with E-state index >= 15 is 0 Å². The van der Waals surface area contributed by atoms with Gasteiger partial charge in [-0.3, -0.25) is 9.59 Å². The number of likely N-dealkylation sites (tertiary alicyclic amines) is 1. The molecule has 0 unspecified atom stereocenters. The Morgan fingerprint density at radius 2 is 2.10 bits per heavy atom. The third kappa shape index (κ3) is 4.06. The van der Waals surface area contributed by atoms with Gasteiger partial charge >= 0.3 is 5.97 Å². The van der Waals surface area contributed by atoms with Crippen molar-refractivity contribution in [2.24, 2.45) is 5.92 Å². The molecule has 1 aromatic rings. The van der Waals surface area contributed by atoms with Crippen molar-refractivity contribution in [3.63, 3.8) is 0 Å². The van der Waals surface area contributed by atoms with Crippen LogP contribution in [0.25, 0.3) is 0 Å². The highest BCUT2D eigenvalue weighted by Crippen LogP contribution is 2.23. The molecular weight excluding hydrogens is 266 g/mol. The molecule has 2 rings (SSSR count). The second-order valence-electron chi connectivity index (χ2n) is 6.01. The number of benzene rings is 1. The molecule has 0 radical (unpaired) electrons. The number of hydrogen-bond acceptors (Lipinski definition) is 2. The maximum absolute atomic E-state index is 12.6. The highest BCUT2D eigenvalue weighted by molar-refractivity contribution is 5.95. The zero-order valence-electron chi connectivity index (χ0n) is 12.8. The number of amides is 1. The highest BCUT2D eigenvalue weighted by Gasteiger charge is 2.25. The summed E-state index contributed by atoms with van der Waals surface area (Å²) in [5.41, 5.74) is 2.93. The SMILES string of the molecule is Cc1ccc(C(=O)N2CCC[C@@H](CCC(=O)O)C2)c(C)c1. The summed E-state index contributed by atoms with van der Waals surface area (Å²) < 4.78 is 0. The average Bonchev–Trinajstić information content (AvgIpc) is 2.45. The lowest BCUT2D eigenvalue weighted by molar-refractivity contribution is -0.137. The Balaban J connectivity index is 2.03. The van der Waals surface area contributed by atoms with Crippen LogP contribution in [0.1, 0.15) is 47.2 Å². The van der Waals surface area contributed by atoms with Gasteiger partial charge in [0.25, 0.3) is 5.91 Å². The highest BCUT2D eigenvalue weighted by atomic mass is 16.4. The molecule has 1 aromatic carbocycles. The number of carboxylic acid groups (broad SMARTS) is 1. The summed E-state index contributed by atoms with van der Waals surface area (Å²) in [7, 11) is 0. The molecular formula is C17H23NO3. The van der Waals surface area contributed by atoms with Gasteiger partial charge in [0.1, 0.15) is 0 Å². The fraction of sp³-hybridized carbons (Fsp3) is 0.529. The van der Waals surface area contributed by atoms with Crippen molar-refractivity contribution in [3.8, 4) is 0 Å². The van der Waals surface area contributed by atoms with Crippen molar-refractivity contribution in [1.29, 1.82) is 0 Å². The van der Waals surface area contributed by atoms with Crippen LogP contribution < -0.4 is 0 Å². The topological polar surface area (TPSA) is 57.6 Å². The normalized spacial score (nSPS) is 18.6. The quantitative estimate of drug-likeness (QED) is 0.927. The zero-order chi connectivity index (χ0) is 15.4. The zero-order valence-corrected chi connectivity index (χ0v) is 12.8. The van der Waals surface area contributed by atoms with Crippen LogP contribution >= 0.6 is 0 Å². The summed E-state index contributed by atoms with van der Waals surface area (Å²) in [5.74, 6) is -0.370. The van der Waals surface area contributed by atoms with Crippen molar-refractivity contribution in [3.05, 3.63) is 34.9 Å². The standard InChI is InChI=1S/C17H23NO3/c1-12-5-7-15(13(2)10-12)17(21)18-9-3-4-14(11-18)6-8-16(19)20/h5,7,10,14H,3-4,6,8-9,11H2,1-2H3,(H,19,20)/t14-/m0/s1. The van der Waals surface area contributed by atoms with E-state index in [-0.39, 0.29) is 12.3 Å². The molecule has 4 heteroatoms. The minimum absolute atomic E-state index is 0.0764. The number of piperidine rings is 1. The number of aryl methyl sites for hydroxylation is 2. The van der Waals surface area contributed by atoms with Gasteiger partial charge in [0.2, 0.25) is 0 Å². The first kappa shape index (κ1) is 15.5. The van der Waals surface area contributed by atoms with Crippen LogP contribution in [0.2, 0.25) is 0 Å². The van der Waals surface area contributed by atoms with Crippen LogP contribution in [-0.2, 0) is 4.79 Å². The van der Waals surface area contributed by atoms with Crippen LogP contribution in [0.4, 0.5) is 0 Å². The van der Waals surface area contributed by atoms with Gasteiger partial charge in [-0.25, -0.2) is 0 Å². The summed E-state index contributed by atoms with van der Waals surface area (Å²) in [6.45, 7) is 5.44. The number of rotatable bonds is 4. The summed E-state index contributed by atoms with van der Waals surface area (Å²) in [6, 6.07) is 5.89. The number of carbonyl (C=O) groups excluding carboxylic acids is 1. The molecule has 1 N–H and O–H groups in total. The van der Waals surface area contributed by atoms with Crippen molar-refractivity contribution in [1.82, 2.24) is 4.90 Å². The molecule has 1 aliphatic heterocycles. The minimum atomic E-state index is -0.757. The van der Waals surface area contributed by atoms with Gasteiger partial charge in [0.15, 0.2) is 0 Å². The summed E-state index contributed by atoms with van der Waals surface area (Å²) in [6.07, 6.45) is 2.83. The van der Waals surface area contributed by atoms with Crippen LogP contribution in [-0.4, -0.2) is 35.0 Å². The lowest BCUT2D eigenvalue weighted by Crippen LogP contribution is -2.40. The molecule has 1 fully saturated rings. The van der Waals surface area contributed by atoms with E-state index in [0.29, 0.717) is 18.9 Å². The first-order chi connectivity index (χ1) is 9.97. The molecule has 21 heavy (non-hydrogen) atoms. The Labute approximate surface area is 125 Å². The largest absolute Gasteiger partial charge is 0.481 e. The second-order valence-corrected chi connectivity index (χ2v) is 6.01. The van der Waals surface area contributed by atoms with Crippen LogP contribution in [0.3, 0.4) is 0 Å². The molecule has 0 bridgehead atoms. The van der Waals surface area contributed by atoms with Gasteiger partial charge in [-0.05, 0) is 50.7 Å². The number of hydrogen-bond donors (Lipinski definition) is 1. The Morgan fingerprint density at radius 1 is 1.33 bits per heavy atom. The third-order valence-electron chi connectivity index (χ3n) is 4.18. The predicted molar refractivity (Wildman–Crippen MR) is 81.4 cm³/mol. The molecule has 0 aliphatic carbocycles. The van der Waals surface area contributed by atoms with E-state index in [9.17, 15) is 9.59 Å². The Kier molecular flexibility index (Phi) is 4.99. The van der Waals surface area contributed by atoms with E-state index in [1.165, 1.54) is 0 Å². The van der Waals surface area contributed by atoms with Crippen LogP contribution in [0.15, 0.2) is 18.2 Å². The fourth-order valence-corrected chi connectivity index (χ4v) is 3.04. The van der Waals surface area contributed by atoms with E-state index < -0.39 is 5.97 Å². The van der Waals surface area contributed by atoms with Gasteiger partial charge < -0.3 is 10.0 Å². The van der Waals surface area contributed by atoms with Gasteiger partial charge in [-0.15, -0.1) is 0 Å². The maximum Gasteiger partial charge on any atom is 0.303 e. The van der Waals surface area contributed by atoms with Gasteiger partial charge in [0.05, 0.1) is 0 Å². The summed E-state index contributed by atoms with van der Waals surface area (Å²) in [5, 5.41) is 8.78. The minimum Gasteiger partial charge on any atom is -0.481 e. The fourth-order valence-electron chi connectivity index (χ4n) is 3.04. The van der Waals surface area contributed by atoms with Crippen molar-refractivity contribution < 1.29 is 14.7 Å². The smallest absolute Gasteiger partial charge is 0.303 e. The molecule has 1 aliphatic rings. The molecule has 114 valence electrons. The number of carbonyl (C=O) groups is 2. The number of aliphatic carboxylic acids is 1. The van der Waals surface area contributed by atoms with E-state index in [4.69, 9.17) is 5.11 Å². The molecule has 4 nitrogen and oxygen atoms in total. The van der Waals surface area contributed by atoms with E-state index in [1.54, 1.807) is 0 Å². The van der Waals surface area contributed by atoms with Crippen molar-refractivity contribution >= 4 is 11.9 Å². The van der Waals surface area contributed by atoms with Gasteiger partial charge in [-0.2, -0.15) is 0 Å². The molecule has 1 amide bonds. The molecule has 0 aromatic heterocycles. The molecule has 0 spiro atoms. The maximum atomic E-state index is 12.6. The third-order valence-corrected chi connectivity index (χ3v) is 4.18. The van der Waals surface area contributed by atoms with Crippen LogP contribution in [0.5, 0.6) is 0 Å². The molecule has 1 heterocycles. The monoisotopic (exact) mass is 289 g/mol. The molecule has 1 atom stereocenters. The Hall–Kier alpha value is -1.84. The average molecular weight is 289 g/mol. The number of nitrogens with zero attached hydrogens (tertiary/aromatic N) is 1. The predicted octanol–water partition coefficient (Wildman–Crippen LogP) is 3.02. The first-order valence-corrected chi connectivity index (χ1v) is 7.55. The van der Waals surface area contributed by atoms with E-state index in [2.05, 4.69) is 0 Å². The van der Waals surface area contributed by atoms with Crippen molar-refractivity contribution in [2.45, 2.75) is 39.5 Å². The van der Waals surface area contributed by atoms with Gasteiger partial charge in [0, 0.05) is 25.1 Å². The summed E-state index contributed by atoms with van der Waals surface area (Å²) in [4.78, 5) is 25.2. The lowest BCUT2D eigenvalue weighted by Gasteiger charge is -2.33. The van der Waals surface area contributed by atoms with Crippen molar-refractivity contribution in [2.75, 3.05) is 13.1 Å². The summed E-state index contributed by atoms with van der Waals surface area (Å²) >= 11 is 0. The first-order valence-electron chi connectivity index (χ1n) is 7.55. The van der Waals surface area contributed by atoms with Crippen LogP contribution in [0, 0.1) is 19.8 Å². The number of carboxylic acids is 1. The Bertz CT molecular complexity index is 539. The van der Waals surface area contributed by atoms with E-state index in [0.717, 1.165) is 36.1 Å².